The molecule has 0 radical (unpaired) electrons. The molecule has 104 valence electrons. The highest BCUT2D eigenvalue weighted by Gasteiger charge is 2.37. The summed E-state index contributed by atoms with van der Waals surface area (Å²) in [6.07, 6.45) is 6.60. The number of nitrogens with one attached hydrogen (secondary N) is 1. The number of likely N-dealkylation sites (N-methyl/N-ethyl adjacent to an activating group) is 1. The fourth-order valence-corrected chi connectivity index (χ4v) is 3.31. The van der Waals surface area contributed by atoms with Gasteiger partial charge in [0.1, 0.15) is 0 Å². The van der Waals surface area contributed by atoms with E-state index in [0.29, 0.717) is 19.0 Å². The Hall–Kier alpha value is -0.610. The van der Waals surface area contributed by atoms with Gasteiger partial charge in [-0.1, -0.05) is 13.3 Å². The Morgan fingerprint density at radius 3 is 2.78 bits per heavy atom. The van der Waals surface area contributed by atoms with Crippen LogP contribution in [0, 0.1) is 5.41 Å². The second kappa shape index (κ2) is 6.02. The number of rotatable bonds is 6. The maximum Gasteiger partial charge on any atom is 0.220 e. The quantitative estimate of drug-likeness (QED) is 0.745. The lowest BCUT2D eigenvalue weighted by Gasteiger charge is -2.40. The molecule has 1 amide bonds. The molecule has 1 saturated heterocycles. The second-order valence-electron chi connectivity index (χ2n) is 5.96. The van der Waals surface area contributed by atoms with E-state index in [1.807, 2.05) is 0 Å². The van der Waals surface area contributed by atoms with Crippen LogP contribution in [0.2, 0.25) is 0 Å². The van der Waals surface area contributed by atoms with E-state index < -0.39 is 0 Å². The zero-order valence-electron chi connectivity index (χ0n) is 11.6. The molecule has 3 N–H and O–H groups in total. The Kier molecular flexibility index (Phi) is 4.62. The van der Waals surface area contributed by atoms with Crippen molar-refractivity contribution in [2.75, 3.05) is 26.2 Å². The number of nitrogens with zero attached hydrogens (tertiary/aromatic N) is 1. The Morgan fingerprint density at radius 1 is 1.44 bits per heavy atom. The molecule has 1 aliphatic heterocycles. The Balaban J connectivity index is 1.71. The van der Waals surface area contributed by atoms with Crippen molar-refractivity contribution in [1.29, 1.82) is 0 Å². The minimum absolute atomic E-state index is 0.129. The van der Waals surface area contributed by atoms with Crippen molar-refractivity contribution in [2.24, 2.45) is 11.1 Å². The SMILES string of the molecule is CCN1CCCC1CNC(=O)CC1(CN)CCC1. The molecule has 0 bridgehead atoms. The van der Waals surface area contributed by atoms with Gasteiger partial charge >= 0.3 is 0 Å². The normalized spacial score (nSPS) is 26.9. The minimum atomic E-state index is 0.129. The van der Waals surface area contributed by atoms with Crippen LogP contribution in [0.4, 0.5) is 0 Å². The topological polar surface area (TPSA) is 58.4 Å². The van der Waals surface area contributed by atoms with Gasteiger partial charge in [-0.25, -0.2) is 0 Å². The average molecular weight is 253 g/mol. The van der Waals surface area contributed by atoms with Crippen LogP contribution in [0.3, 0.4) is 0 Å². The van der Waals surface area contributed by atoms with Crippen LogP contribution in [0.1, 0.15) is 45.4 Å². The van der Waals surface area contributed by atoms with Crippen molar-refractivity contribution in [3.63, 3.8) is 0 Å². The summed E-state index contributed by atoms with van der Waals surface area (Å²) in [5.74, 6) is 0.197. The lowest BCUT2D eigenvalue weighted by Crippen LogP contribution is -2.45. The van der Waals surface area contributed by atoms with Crippen LogP contribution in [0.15, 0.2) is 0 Å². The van der Waals surface area contributed by atoms with Crippen LogP contribution >= 0.6 is 0 Å². The number of likely N-dealkylation sites (tertiary alicyclic amines) is 1. The van der Waals surface area contributed by atoms with Gasteiger partial charge < -0.3 is 11.1 Å². The van der Waals surface area contributed by atoms with E-state index >= 15 is 0 Å². The largest absolute Gasteiger partial charge is 0.355 e. The summed E-state index contributed by atoms with van der Waals surface area (Å²) in [7, 11) is 0. The molecule has 1 atom stereocenters. The van der Waals surface area contributed by atoms with Crippen molar-refractivity contribution < 1.29 is 4.79 Å². The summed E-state index contributed by atoms with van der Waals surface area (Å²) >= 11 is 0. The van der Waals surface area contributed by atoms with Gasteiger partial charge in [0.15, 0.2) is 0 Å². The molecular weight excluding hydrogens is 226 g/mol. The average Bonchev–Trinajstić information content (AvgIpc) is 2.78. The molecule has 0 aromatic carbocycles. The lowest BCUT2D eigenvalue weighted by atomic mass is 9.66. The molecule has 18 heavy (non-hydrogen) atoms. The van der Waals surface area contributed by atoms with E-state index in [1.165, 1.54) is 25.8 Å². The Bertz CT molecular complexity index is 283. The maximum atomic E-state index is 12.0. The number of hydrogen-bond donors (Lipinski definition) is 2. The van der Waals surface area contributed by atoms with Crippen LogP contribution < -0.4 is 11.1 Å². The number of carbonyl (C=O) groups excluding carboxylic acids is 1. The molecule has 0 spiro atoms. The van der Waals surface area contributed by atoms with E-state index in [1.54, 1.807) is 0 Å². The standard InChI is InChI=1S/C14H27N3O/c1-2-17-8-3-5-12(17)10-16-13(18)9-14(11-15)6-4-7-14/h12H,2-11,15H2,1H3,(H,16,18). The minimum Gasteiger partial charge on any atom is -0.355 e. The predicted molar refractivity (Wildman–Crippen MR) is 73.2 cm³/mol. The van der Waals surface area contributed by atoms with Crippen molar-refractivity contribution in [3.05, 3.63) is 0 Å². The molecule has 1 unspecified atom stereocenters. The number of carbonyl (C=O) groups is 1. The highest BCUT2D eigenvalue weighted by Crippen LogP contribution is 2.42. The van der Waals surface area contributed by atoms with Gasteiger partial charge in [-0.15, -0.1) is 0 Å². The molecule has 4 nitrogen and oxygen atoms in total. The summed E-state index contributed by atoms with van der Waals surface area (Å²) in [4.78, 5) is 14.4. The smallest absolute Gasteiger partial charge is 0.220 e. The number of amides is 1. The fraction of sp³-hybridized carbons (Fsp3) is 0.929. The van der Waals surface area contributed by atoms with Crippen LogP contribution in [-0.4, -0.2) is 43.0 Å². The second-order valence-corrected chi connectivity index (χ2v) is 5.96. The molecule has 1 saturated carbocycles. The molecule has 4 heteroatoms. The van der Waals surface area contributed by atoms with E-state index in [4.69, 9.17) is 5.73 Å². The Morgan fingerprint density at radius 2 is 2.22 bits per heavy atom. The van der Waals surface area contributed by atoms with E-state index in [9.17, 15) is 4.79 Å². The summed E-state index contributed by atoms with van der Waals surface area (Å²) in [6.45, 7) is 5.94. The first kappa shape index (κ1) is 13.8. The third-order valence-electron chi connectivity index (χ3n) is 4.82. The van der Waals surface area contributed by atoms with Crippen LogP contribution in [-0.2, 0) is 4.79 Å². The van der Waals surface area contributed by atoms with Crippen molar-refractivity contribution in [1.82, 2.24) is 10.2 Å². The first-order valence-corrected chi connectivity index (χ1v) is 7.40. The molecule has 1 aliphatic carbocycles. The summed E-state index contributed by atoms with van der Waals surface area (Å²) in [5, 5.41) is 3.11. The summed E-state index contributed by atoms with van der Waals surface area (Å²) < 4.78 is 0. The first-order chi connectivity index (χ1) is 8.69. The highest BCUT2D eigenvalue weighted by atomic mass is 16.1. The van der Waals surface area contributed by atoms with E-state index in [-0.39, 0.29) is 11.3 Å². The van der Waals surface area contributed by atoms with Gasteiger partial charge in [0.2, 0.25) is 5.91 Å². The zero-order chi connectivity index (χ0) is 13.0. The van der Waals surface area contributed by atoms with E-state index in [2.05, 4.69) is 17.1 Å². The highest BCUT2D eigenvalue weighted by molar-refractivity contribution is 5.76. The lowest BCUT2D eigenvalue weighted by molar-refractivity contribution is -0.124. The number of hydrogen-bond acceptors (Lipinski definition) is 3. The van der Waals surface area contributed by atoms with Gasteiger partial charge in [0.05, 0.1) is 0 Å². The monoisotopic (exact) mass is 253 g/mol. The fourth-order valence-electron chi connectivity index (χ4n) is 3.31. The van der Waals surface area contributed by atoms with Gasteiger partial charge in [-0.2, -0.15) is 0 Å². The van der Waals surface area contributed by atoms with Gasteiger partial charge in [-0.3, -0.25) is 9.69 Å². The van der Waals surface area contributed by atoms with Crippen LogP contribution in [0.25, 0.3) is 0 Å². The van der Waals surface area contributed by atoms with E-state index in [0.717, 1.165) is 25.9 Å². The van der Waals surface area contributed by atoms with Crippen molar-refractivity contribution >= 4 is 5.91 Å². The third-order valence-corrected chi connectivity index (χ3v) is 4.82. The van der Waals surface area contributed by atoms with Gasteiger partial charge in [-0.05, 0) is 50.7 Å². The molecule has 0 aromatic rings. The molecule has 2 fully saturated rings. The third kappa shape index (κ3) is 3.04. The maximum absolute atomic E-state index is 12.0. The van der Waals surface area contributed by atoms with Crippen molar-refractivity contribution in [2.45, 2.75) is 51.5 Å². The zero-order valence-corrected chi connectivity index (χ0v) is 11.6. The molecule has 2 rings (SSSR count). The molecule has 0 aromatic heterocycles. The van der Waals surface area contributed by atoms with Crippen molar-refractivity contribution in [3.8, 4) is 0 Å². The molecule has 1 heterocycles. The molecular formula is C14H27N3O. The van der Waals surface area contributed by atoms with Crippen LogP contribution in [0.5, 0.6) is 0 Å². The number of nitrogens with two attached hydrogens (primary N) is 1. The van der Waals surface area contributed by atoms with Gasteiger partial charge in [0, 0.05) is 19.0 Å². The Labute approximate surface area is 110 Å². The first-order valence-electron chi connectivity index (χ1n) is 7.40. The predicted octanol–water partition coefficient (Wildman–Crippen LogP) is 1.11. The summed E-state index contributed by atoms with van der Waals surface area (Å²) in [5.41, 5.74) is 5.92. The molecule has 2 aliphatic rings. The van der Waals surface area contributed by atoms with Gasteiger partial charge in [0.25, 0.3) is 0 Å². The summed E-state index contributed by atoms with van der Waals surface area (Å²) in [6, 6.07) is 0.550.